The number of esters is 1. The molecule has 1 N–H and O–H groups in total. The van der Waals surface area contributed by atoms with Crippen LogP contribution in [0.5, 0.6) is 0 Å². The van der Waals surface area contributed by atoms with Crippen molar-refractivity contribution in [3.8, 4) is 0 Å². The zero-order valence-corrected chi connectivity index (χ0v) is 21.4. The number of ether oxygens (including phenoxy) is 2. The van der Waals surface area contributed by atoms with Gasteiger partial charge in [0.2, 0.25) is 11.8 Å². The fraction of sp³-hybridized carbons (Fsp3) is 0.552. The molecule has 1 aromatic rings. The van der Waals surface area contributed by atoms with Gasteiger partial charge in [0.1, 0.15) is 23.2 Å². The SMILES string of the molecule is CC[C@@]12/C=C\CCCCOC(=O)[C@@H]1[C@H]1C(=O)N(CCCO)C3C(=O)N(Cc4ccccc4)CC=C[C@@]31O2. The topological polar surface area (TPSA) is 96.4 Å². The Morgan fingerprint density at radius 3 is 2.59 bits per heavy atom. The maximum Gasteiger partial charge on any atom is 0.313 e. The number of likely N-dealkylation sites (tertiary alicyclic amines) is 1. The molecule has 37 heavy (non-hydrogen) atoms. The van der Waals surface area contributed by atoms with Crippen LogP contribution in [0.15, 0.2) is 54.6 Å². The molecule has 1 unspecified atom stereocenters. The Kier molecular flexibility index (Phi) is 7.23. The first kappa shape index (κ1) is 25.7. The van der Waals surface area contributed by atoms with Crippen molar-refractivity contribution >= 4 is 17.8 Å². The molecular weight excluding hydrogens is 472 g/mol. The van der Waals surface area contributed by atoms with E-state index in [4.69, 9.17) is 9.47 Å². The molecule has 2 saturated heterocycles. The molecule has 2 fully saturated rings. The molecule has 0 aliphatic carbocycles. The van der Waals surface area contributed by atoms with Crippen LogP contribution in [0.25, 0.3) is 0 Å². The molecule has 0 aromatic heterocycles. The first-order valence-electron chi connectivity index (χ1n) is 13.4. The normalized spacial score (nSPS) is 34.4. The van der Waals surface area contributed by atoms with Crippen LogP contribution >= 0.6 is 0 Å². The van der Waals surface area contributed by atoms with Crippen LogP contribution in [-0.4, -0.2) is 76.2 Å². The highest BCUT2D eigenvalue weighted by molar-refractivity contribution is 5.99. The second-order valence-corrected chi connectivity index (χ2v) is 10.4. The predicted molar refractivity (Wildman–Crippen MR) is 136 cm³/mol. The molecule has 0 saturated carbocycles. The number of aliphatic hydroxyl groups excluding tert-OH is 1. The van der Waals surface area contributed by atoms with Crippen molar-refractivity contribution in [1.29, 1.82) is 0 Å². The minimum atomic E-state index is -1.30. The van der Waals surface area contributed by atoms with Crippen molar-refractivity contribution in [3.05, 3.63) is 60.2 Å². The molecule has 2 amide bonds. The highest BCUT2D eigenvalue weighted by Crippen LogP contribution is 2.58. The fourth-order valence-corrected chi connectivity index (χ4v) is 6.51. The van der Waals surface area contributed by atoms with Gasteiger partial charge in [0.05, 0.1) is 12.5 Å². The number of amides is 2. The highest BCUT2D eigenvalue weighted by Gasteiger charge is 2.75. The number of fused-ring (bicyclic) bond motifs is 2. The molecule has 8 heteroatoms. The van der Waals surface area contributed by atoms with Crippen LogP contribution in [-0.2, 0) is 30.4 Å². The second kappa shape index (κ2) is 10.4. The summed E-state index contributed by atoms with van der Waals surface area (Å²) < 4.78 is 12.6. The molecule has 4 aliphatic rings. The van der Waals surface area contributed by atoms with Crippen LogP contribution < -0.4 is 0 Å². The molecule has 0 bridgehead atoms. The summed E-state index contributed by atoms with van der Waals surface area (Å²) in [5, 5.41) is 9.55. The average molecular weight is 509 g/mol. The Morgan fingerprint density at radius 1 is 1.03 bits per heavy atom. The predicted octanol–water partition coefficient (Wildman–Crippen LogP) is 2.61. The lowest BCUT2D eigenvalue weighted by Crippen LogP contribution is -2.56. The largest absolute Gasteiger partial charge is 0.465 e. The number of rotatable bonds is 6. The van der Waals surface area contributed by atoms with Gasteiger partial charge in [-0.1, -0.05) is 61.6 Å². The summed E-state index contributed by atoms with van der Waals surface area (Å²) in [6.07, 6.45) is 11.0. The van der Waals surface area contributed by atoms with E-state index in [-0.39, 0.29) is 25.0 Å². The van der Waals surface area contributed by atoms with Crippen LogP contribution in [0.3, 0.4) is 0 Å². The molecule has 8 nitrogen and oxygen atoms in total. The number of benzene rings is 1. The Labute approximate surface area is 217 Å². The van der Waals surface area contributed by atoms with Gasteiger partial charge in [-0.25, -0.2) is 0 Å². The lowest BCUT2D eigenvalue weighted by atomic mass is 9.73. The van der Waals surface area contributed by atoms with E-state index in [1.54, 1.807) is 4.90 Å². The molecule has 4 aliphatic heterocycles. The maximum absolute atomic E-state index is 14.2. The molecule has 1 aromatic carbocycles. The van der Waals surface area contributed by atoms with Gasteiger partial charge in [0.25, 0.3) is 0 Å². The standard InChI is InChI=1S/C29H36N2O6/c1-2-28-14-8-3-4-9-19-36-27(35)23(28)22-25(33)31(17-11-18-32)24-26(34)30(16-10-15-29(22,24)37-28)20-21-12-6-5-7-13-21/h5-8,10,12-15,22-24,32H,2-4,9,11,16-20H2,1H3/b14-8-/t22-,23-,24?,28+,29-/m0/s1. The maximum atomic E-state index is 14.2. The summed E-state index contributed by atoms with van der Waals surface area (Å²) >= 11 is 0. The van der Waals surface area contributed by atoms with Gasteiger partial charge in [-0.15, -0.1) is 0 Å². The van der Waals surface area contributed by atoms with Gasteiger partial charge in [0.15, 0.2) is 0 Å². The zero-order valence-electron chi connectivity index (χ0n) is 21.4. The summed E-state index contributed by atoms with van der Waals surface area (Å²) in [5.41, 5.74) is -1.36. The van der Waals surface area contributed by atoms with E-state index < -0.39 is 35.0 Å². The van der Waals surface area contributed by atoms with Gasteiger partial charge in [-0.3, -0.25) is 14.4 Å². The van der Waals surface area contributed by atoms with Gasteiger partial charge in [-0.2, -0.15) is 0 Å². The molecular formula is C29H36N2O6. The minimum absolute atomic E-state index is 0.111. The van der Waals surface area contributed by atoms with Gasteiger partial charge < -0.3 is 24.4 Å². The third kappa shape index (κ3) is 4.30. The zero-order chi connectivity index (χ0) is 26.0. The molecule has 5 atom stereocenters. The second-order valence-electron chi connectivity index (χ2n) is 10.4. The van der Waals surface area contributed by atoms with Crippen LogP contribution in [0.1, 0.15) is 44.6 Å². The summed E-state index contributed by atoms with van der Waals surface area (Å²) in [6, 6.07) is 8.80. The highest BCUT2D eigenvalue weighted by atomic mass is 16.6. The van der Waals surface area contributed by atoms with Gasteiger partial charge in [0, 0.05) is 26.2 Å². The number of hydrogen-bond acceptors (Lipinski definition) is 6. The molecule has 5 rings (SSSR count). The first-order valence-corrected chi connectivity index (χ1v) is 13.4. The summed E-state index contributed by atoms with van der Waals surface area (Å²) in [4.78, 5) is 45.2. The van der Waals surface area contributed by atoms with E-state index in [1.165, 1.54) is 4.90 Å². The Hall–Kier alpha value is -2.97. The van der Waals surface area contributed by atoms with Gasteiger partial charge >= 0.3 is 5.97 Å². The fourth-order valence-electron chi connectivity index (χ4n) is 6.51. The first-order chi connectivity index (χ1) is 18.0. The van der Waals surface area contributed by atoms with E-state index in [9.17, 15) is 19.5 Å². The Morgan fingerprint density at radius 2 is 1.84 bits per heavy atom. The molecule has 198 valence electrons. The number of nitrogens with zero attached hydrogens (tertiary/aromatic N) is 2. The average Bonchev–Trinajstić information content (AvgIpc) is 3.26. The smallest absolute Gasteiger partial charge is 0.313 e. The monoisotopic (exact) mass is 508 g/mol. The van der Waals surface area contributed by atoms with Crippen molar-refractivity contribution < 1.29 is 29.0 Å². The van der Waals surface area contributed by atoms with Gasteiger partial charge in [-0.05, 0) is 37.7 Å². The summed E-state index contributed by atoms with van der Waals surface area (Å²) in [7, 11) is 0. The van der Waals surface area contributed by atoms with Crippen LogP contribution in [0, 0.1) is 11.8 Å². The number of carbonyl (C=O) groups is 3. The third-order valence-corrected chi connectivity index (χ3v) is 8.24. The number of cyclic esters (lactones) is 1. The Balaban J connectivity index is 1.60. The molecule has 1 spiro atoms. The third-order valence-electron chi connectivity index (χ3n) is 8.24. The number of carbonyl (C=O) groups excluding carboxylic acids is 3. The van der Waals surface area contributed by atoms with Crippen LogP contribution in [0.2, 0.25) is 0 Å². The summed E-state index contributed by atoms with van der Waals surface area (Å²) in [5.74, 6) is -2.70. The van der Waals surface area contributed by atoms with Crippen molar-refractivity contribution in [2.24, 2.45) is 11.8 Å². The summed E-state index contributed by atoms with van der Waals surface area (Å²) in [6.45, 7) is 3.11. The number of aliphatic hydroxyl groups is 1. The Bertz CT molecular complexity index is 1090. The van der Waals surface area contributed by atoms with Crippen molar-refractivity contribution in [1.82, 2.24) is 9.80 Å². The van der Waals surface area contributed by atoms with Crippen molar-refractivity contribution in [2.45, 2.75) is 62.8 Å². The van der Waals surface area contributed by atoms with Crippen LogP contribution in [0.4, 0.5) is 0 Å². The van der Waals surface area contributed by atoms with Crippen molar-refractivity contribution in [3.63, 3.8) is 0 Å². The minimum Gasteiger partial charge on any atom is -0.465 e. The quantitative estimate of drug-likeness (QED) is 0.469. The van der Waals surface area contributed by atoms with E-state index in [0.29, 0.717) is 32.5 Å². The van der Waals surface area contributed by atoms with E-state index in [1.807, 2.05) is 61.6 Å². The molecule has 0 radical (unpaired) electrons. The van der Waals surface area contributed by atoms with E-state index in [2.05, 4.69) is 0 Å². The van der Waals surface area contributed by atoms with E-state index in [0.717, 1.165) is 24.8 Å². The van der Waals surface area contributed by atoms with E-state index >= 15 is 0 Å². The lowest BCUT2D eigenvalue weighted by Gasteiger charge is -2.38. The lowest BCUT2D eigenvalue weighted by molar-refractivity contribution is -0.161. The molecule has 4 heterocycles. The number of hydrogen-bond donors (Lipinski definition) is 1. The van der Waals surface area contributed by atoms with Crippen molar-refractivity contribution in [2.75, 3.05) is 26.3 Å². The number of allylic oxidation sites excluding steroid dienone is 1.